The van der Waals surface area contributed by atoms with E-state index in [1.807, 2.05) is 0 Å². The summed E-state index contributed by atoms with van der Waals surface area (Å²) in [6.45, 7) is 1.68. The fourth-order valence-electron chi connectivity index (χ4n) is 1.68. The summed E-state index contributed by atoms with van der Waals surface area (Å²) in [6.07, 6.45) is -4.60. The smallest absolute Gasteiger partial charge is 0.338 e. The van der Waals surface area contributed by atoms with E-state index < -0.39 is 17.6 Å². The molecule has 4 nitrogen and oxygen atoms in total. The maximum Gasteiger partial charge on any atom is 0.416 e. The summed E-state index contributed by atoms with van der Waals surface area (Å²) in [5.41, 5.74) is -1.04. The number of alkyl halides is 3. The van der Waals surface area contributed by atoms with Gasteiger partial charge in [0, 0.05) is 6.54 Å². The minimum absolute atomic E-state index is 0.0462. The lowest BCUT2D eigenvalue weighted by Crippen LogP contribution is -2.17. The second-order valence-corrected chi connectivity index (χ2v) is 4.14. The summed E-state index contributed by atoms with van der Waals surface area (Å²) >= 11 is 0. The van der Waals surface area contributed by atoms with Crippen molar-refractivity contribution in [2.24, 2.45) is 0 Å². The first-order valence-corrected chi connectivity index (χ1v) is 5.72. The van der Waals surface area contributed by atoms with Crippen molar-refractivity contribution >= 4 is 0 Å². The number of nitrogens with one attached hydrogen (secondary N) is 1. The number of rotatable bonds is 4. The van der Waals surface area contributed by atoms with Crippen molar-refractivity contribution in [2.45, 2.75) is 26.2 Å². The van der Waals surface area contributed by atoms with Crippen LogP contribution in [0.15, 0.2) is 22.7 Å². The highest BCUT2D eigenvalue weighted by Crippen LogP contribution is 2.32. The van der Waals surface area contributed by atoms with Gasteiger partial charge in [-0.2, -0.15) is 18.2 Å². The van der Waals surface area contributed by atoms with E-state index in [1.165, 1.54) is 0 Å². The molecule has 0 unspecified atom stereocenters. The van der Waals surface area contributed by atoms with E-state index in [9.17, 15) is 17.6 Å². The lowest BCUT2D eigenvalue weighted by molar-refractivity contribution is -0.138. The van der Waals surface area contributed by atoms with Gasteiger partial charge >= 0.3 is 6.18 Å². The number of hydrogen-bond acceptors (Lipinski definition) is 4. The van der Waals surface area contributed by atoms with Gasteiger partial charge in [0.15, 0.2) is 5.82 Å². The monoisotopic (exact) mass is 289 g/mol. The van der Waals surface area contributed by atoms with Gasteiger partial charge < -0.3 is 9.84 Å². The van der Waals surface area contributed by atoms with Gasteiger partial charge in [-0.1, -0.05) is 11.2 Å². The lowest BCUT2D eigenvalue weighted by Gasteiger charge is -2.13. The highest BCUT2D eigenvalue weighted by molar-refractivity contribution is 5.30. The topological polar surface area (TPSA) is 51.0 Å². The molecule has 0 fully saturated rings. The summed E-state index contributed by atoms with van der Waals surface area (Å²) in [7, 11) is 0. The van der Waals surface area contributed by atoms with Crippen molar-refractivity contribution in [3.05, 3.63) is 46.9 Å². The molecule has 1 aromatic heterocycles. The SMILES string of the molecule is Cc1noc(CNCc2ccc(F)cc2C(F)(F)F)n1. The zero-order valence-corrected chi connectivity index (χ0v) is 10.5. The molecule has 0 aliphatic rings. The molecule has 0 spiro atoms. The van der Waals surface area contributed by atoms with Gasteiger partial charge in [-0.05, 0) is 24.6 Å². The van der Waals surface area contributed by atoms with Crippen molar-refractivity contribution in [3.8, 4) is 0 Å². The molecule has 1 N–H and O–H groups in total. The average molecular weight is 289 g/mol. The molecule has 2 rings (SSSR count). The van der Waals surface area contributed by atoms with Crippen molar-refractivity contribution in [3.63, 3.8) is 0 Å². The number of aryl methyl sites for hydroxylation is 1. The first-order valence-electron chi connectivity index (χ1n) is 5.72. The third-order valence-corrected chi connectivity index (χ3v) is 2.54. The molecule has 1 aromatic carbocycles. The zero-order chi connectivity index (χ0) is 14.8. The molecule has 0 saturated carbocycles. The third-order valence-electron chi connectivity index (χ3n) is 2.54. The minimum Gasteiger partial charge on any atom is -0.338 e. The van der Waals surface area contributed by atoms with Gasteiger partial charge in [-0.25, -0.2) is 4.39 Å². The summed E-state index contributed by atoms with van der Waals surface area (Å²) in [5, 5.41) is 6.30. The quantitative estimate of drug-likeness (QED) is 0.879. The summed E-state index contributed by atoms with van der Waals surface area (Å²) in [4.78, 5) is 3.90. The Balaban J connectivity index is 2.06. The van der Waals surface area contributed by atoms with Crippen LogP contribution in [0.1, 0.15) is 22.8 Å². The van der Waals surface area contributed by atoms with Crippen molar-refractivity contribution < 1.29 is 22.1 Å². The molecule has 0 saturated heterocycles. The molecule has 20 heavy (non-hydrogen) atoms. The molecule has 2 aromatic rings. The van der Waals surface area contributed by atoms with Crippen LogP contribution in [-0.2, 0) is 19.3 Å². The Morgan fingerprint density at radius 1 is 1.25 bits per heavy atom. The van der Waals surface area contributed by atoms with E-state index in [2.05, 4.69) is 15.5 Å². The van der Waals surface area contributed by atoms with Gasteiger partial charge in [0.05, 0.1) is 12.1 Å². The Bertz CT molecular complexity index is 595. The molecule has 0 amide bonds. The standard InChI is InChI=1S/C12H11F4N3O/c1-7-18-11(20-19-7)6-17-5-8-2-3-9(13)4-10(8)12(14,15)16/h2-4,17H,5-6H2,1H3. The molecule has 0 aliphatic heterocycles. The van der Waals surface area contributed by atoms with Crippen LogP contribution >= 0.6 is 0 Å². The molecular weight excluding hydrogens is 278 g/mol. The zero-order valence-electron chi connectivity index (χ0n) is 10.5. The third kappa shape index (κ3) is 3.53. The number of halogens is 4. The highest BCUT2D eigenvalue weighted by atomic mass is 19.4. The van der Waals surface area contributed by atoms with Crippen LogP contribution in [0.5, 0.6) is 0 Å². The van der Waals surface area contributed by atoms with Crippen LogP contribution in [-0.4, -0.2) is 10.1 Å². The Kier molecular flexibility index (Phi) is 4.03. The molecule has 1 heterocycles. The van der Waals surface area contributed by atoms with E-state index in [1.54, 1.807) is 6.92 Å². The minimum atomic E-state index is -4.60. The average Bonchev–Trinajstić information content (AvgIpc) is 2.76. The number of hydrogen-bond donors (Lipinski definition) is 1. The number of benzene rings is 1. The Morgan fingerprint density at radius 3 is 2.60 bits per heavy atom. The largest absolute Gasteiger partial charge is 0.416 e. The van der Waals surface area contributed by atoms with E-state index in [0.717, 1.165) is 12.1 Å². The first-order chi connectivity index (χ1) is 9.36. The van der Waals surface area contributed by atoms with Crippen LogP contribution in [0.4, 0.5) is 17.6 Å². The number of nitrogens with zero attached hydrogens (tertiary/aromatic N) is 2. The normalized spacial score (nSPS) is 11.8. The molecule has 0 bridgehead atoms. The van der Waals surface area contributed by atoms with Crippen molar-refractivity contribution in [1.82, 2.24) is 15.5 Å². The Labute approximate surface area is 111 Å². The second kappa shape index (κ2) is 5.58. The van der Waals surface area contributed by atoms with Gasteiger partial charge in [0.2, 0.25) is 5.89 Å². The van der Waals surface area contributed by atoms with Crippen LogP contribution in [0.2, 0.25) is 0 Å². The predicted octanol–water partition coefficient (Wildman–Crippen LogP) is 2.83. The lowest BCUT2D eigenvalue weighted by atomic mass is 10.1. The van der Waals surface area contributed by atoms with Gasteiger partial charge in [-0.3, -0.25) is 0 Å². The first kappa shape index (κ1) is 14.4. The van der Waals surface area contributed by atoms with Crippen molar-refractivity contribution in [1.29, 1.82) is 0 Å². The van der Waals surface area contributed by atoms with Crippen LogP contribution in [0.25, 0.3) is 0 Å². The van der Waals surface area contributed by atoms with E-state index in [0.29, 0.717) is 11.9 Å². The maximum atomic E-state index is 12.9. The van der Waals surface area contributed by atoms with Crippen LogP contribution in [0.3, 0.4) is 0 Å². The Morgan fingerprint density at radius 2 is 2.00 bits per heavy atom. The van der Waals surface area contributed by atoms with Crippen LogP contribution < -0.4 is 5.32 Å². The second-order valence-electron chi connectivity index (χ2n) is 4.14. The molecule has 0 atom stereocenters. The van der Waals surface area contributed by atoms with E-state index in [-0.39, 0.29) is 24.5 Å². The van der Waals surface area contributed by atoms with Crippen molar-refractivity contribution in [2.75, 3.05) is 0 Å². The summed E-state index contributed by atoms with van der Waals surface area (Å²) < 4.78 is 56.0. The molecule has 8 heteroatoms. The maximum absolute atomic E-state index is 12.9. The van der Waals surface area contributed by atoms with Crippen LogP contribution in [0, 0.1) is 12.7 Å². The predicted molar refractivity (Wildman–Crippen MR) is 61.0 cm³/mol. The molecule has 0 aliphatic carbocycles. The summed E-state index contributed by atoms with van der Waals surface area (Å²) in [6, 6.07) is 2.57. The number of aromatic nitrogens is 2. The molecule has 108 valence electrons. The van der Waals surface area contributed by atoms with Gasteiger partial charge in [0.25, 0.3) is 0 Å². The Hall–Kier alpha value is -1.96. The van der Waals surface area contributed by atoms with Gasteiger partial charge in [0.1, 0.15) is 5.82 Å². The van der Waals surface area contributed by atoms with E-state index >= 15 is 0 Å². The molecular formula is C12H11F4N3O. The fraction of sp³-hybridized carbons (Fsp3) is 0.333. The highest BCUT2D eigenvalue weighted by Gasteiger charge is 2.33. The van der Waals surface area contributed by atoms with E-state index in [4.69, 9.17) is 4.52 Å². The van der Waals surface area contributed by atoms with Gasteiger partial charge in [-0.15, -0.1) is 0 Å². The summed E-state index contributed by atoms with van der Waals surface area (Å²) in [5.74, 6) is -0.202. The fourth-order valence-corrected chi connectivity index (χ4v) is 1.68. The molecule has 0 radical (unpaired) electrons.